The highest BCUT2D eigenvalue weighted by Crippen LogP contribution is 2.11. The molecule has 0 fully saturated rings. The quantitative estimate of drug-likeness (QED) is 0.684. The molecule has 0 aromatic carbocycles. The molecule has 3 heterocycles. The molecular formula is C16H12N4O. The van der Waals surface area contributed by atoms with Crippen molar-refractivity contribution in [2.24, 2.45) is 0 Å². The molecule has 0 aliphatic carbocycles. The first-order chi connectivity index (χ1) is 10.3. The van der Waals surface area contributed by atoms with Crippen molar-refractivity contribution in [1.29, 1.82) is 0 Å². The largest absolute Gasteiger partial charge is 0.292 e. The van der Waals surface area contributed by atoms with Crippen molar-refractivity contribution < 1.29 is 4.79 Å². The SMILES string of the molecule is O=C(Cc1cnc(-c2ccccn2)nc1)c1ccccn1. The summed E-state index contributed by atoms with van der Waals surface area (Å²) in [6.45, 7) is 0. The Morgan fingerprint density at radius 3 is 2.19 bits per heavy atom. The molecule has 0 radical (unpaired) electrons. The van der Waals surface area contributed by atoms with Gasteiger partial charge in [-0.2, -0.15) is 0 Å². The number of pyridine rings is 2. The summed E-state index contributed by atoms with van der Waals surface area (Å²) < 4.78 is 0. The average molecular weight is 276 g/mol. The summed E-state index contributed by atoms with van der Waals surface area (Å²) in [5.41, 5.74) is 1.91. The van der Waals surface area contributed by atoms with Gasteiger partial charge in [0.1, 0.15) is 11.4 Å². The van der Waals surface area contributed by atoms with Gasteiger partial charge in [-0.15, -0.1) is 0 Å². The zero-order valence-corrected chi connectivity index (χ0v) is 11.2. The second kappa shape index (κ2) is 6.00. The van der Waals surface area contributed by atoms with Crippen LogP contribution >= 0.6 is 0 Å². The van der Waals surface area contributed by atoms with E-state index in [9.17, 15) is 4.79 Å². The molecule has 3 aromatic rings. The first kappa shape index (κ1) is 13.1. The number of hydrogen-bond donors (Lipinski definition) is 0. The molecule has 0 aliphatic heterocycles. The van der Waals surface area contributed by atoms with Crippen LogP contribution in [0.15, 0.2) is 61.2 Å². The van der Waals surface area contributed by atoms with Crippen molar-refractivity contribution in [3.05, 3.63) is 72.4 Å². The summed E-state index contributed by atoms with van der Waals surface area (Å²) in [6.07, 6.45) is 6.83. The third kappa shape index (κ3) is 3.14. The number of ketones is 1. The normalized spacial score (nSPS) is 10.3. The molecule has 0 N–H and O–H groups in total. The number of nitrogens with zero attached hydrogens (tertiary/aromatic N) is 4. The molecule has 5 nitrogen and oxygen atoms in total. The summed E-state index contributed by atoms with van der Waals surface area (Å²) in [5, 5.41) is 0. The van der Waals surface area contributed by atoms with Crippen LogP contribution in [0.1, 0.15) is 16.1 Å². The van der Waals surface area contributed by atoms with Crippen molar-refractivity contribution in [3.63, 3.8) is 0 Å². The lowest BCUT2D eigenvalue weighted by Crippen LogP contribution is -2.06. The van der Waals surface area contributed by atoms with Crippen LogP contribution in [0.3, 0.4) is 0 Å². The number of Topliss-reactive ketones (excluding diaryl/α,β-unsaturated/α-hetero) is 1. The van der Waals surface area contributed by atoms with Crippen LogP contribution in [0.25, 0.3) is 11.5 Å². The van der Waals surface area contributed by atoms with Crippen LogP contribution in [-0.4, -0.2) is 25.7 Å². The molecule has 0 atom stereocenters. The smallest absolute Gasteiger partial charge is 0.185 e. The minimum absolute atomic E-state index is 0.0511. The molecule has 5 heteroatoms. The number of carbonyl (C=O) groups excluding carboxylic acids is 1. The number of rotatable bonds is 4. The topological polar surface area (TPSA) is 68.6 Å². The first-order valence-electron chi connectivity index (χ1n) is 6.49. The predicted molar refractivity (Wildman–Crippen MR) is 77.5 cm³/mol. The van der Waals surface area contributed by atoms with E-state index in [1.54, 1.807) is 43.0 Å². The fourth-order valence-electron chi connectivity index (χ4n) is 1.88. The van der Waals surface area contributed by atoms with Crippen LogP contribution < -0.4 is 0 Å². The van der Waals surface area contributed by atoms with Crippen molar-refractivity contribution >= 4 is 5.78 Å². The molecule has 0 bridgehead atoms. The van der Waals surface area contributed by atoms with Gasteiger partial charge in [0.2, 0.25) is 0 Å². The summed E-state index contributed by atoms with van der Waals surface area (Å²) in [4.78, 5) is 28.8. The maximum atomic E-state index is 12.0. The Balaban J connectivity index is 1.75. The van der Waals surface area contributed by atoms with Crippen molar-refractivity contribution in [2.45, 2.75) is 6.42 Å². The molecule has 0 aliphatic rings. The van der Waals surface area contributed by atoms with Gasteiger partial charge in [0.25, 0.3) is 0 Å². The number of hydrogen-bond acceptors (Lipinski definition) is 5. The van der Waals surface area contributed by atoms with E-state index in [1.807, 2.05) is 18.2 Å². The van der Waals surface area contributed by atoms with E-state index in [-0.39, 0.29) is 12.2 Å². The lowest BCUT2D eigenvalue weighted by molar-refractivity contribution is 0.0988. The highest BCUT2D eigenvalue weighted by atomic mass is 16.1. The van der Waals surface area contributed by atoms with Gasteiger partial charge in [-0.1, -0.05) is 12.1 Å². The standard InChI is InChI=1S/C16H12N4O/c21-15(13-5-1-3-7-17-13)9-12-10-19-16(20-11-12)14-6-2-4-8-18-14/h1-8,10-11H,9H2. The van der Waals surface area contributed by atoms with Crippen LogP contribution in [0, 0.1) is 0 Å². The zero-order chi connectivity index (χ0) is 14.5. The van der Waals surface area contributed by atoms with E-state index >= 15 is 0 Å². The van der Waals surface area contributed by atoms with E-state index in [1.165, 1.54) is 0 Å². The lowest BCUT2D eigenvalue weighted by Gasteiger charge is -2.02. The molecule has 0 saturated carbocycles. The number of carbonyl (C=O) groups is 1. The fourth-order valence-corrected chi connectivity index (χ4v) is 1.88. The molecule has 0 amide bonds. The molecular weight excluding hydrogens is 264 g/mol. The highest BCUT2D eigenvalue weighted by molar-refractivity contribution is 5.95. The van der Waals surface area contributed by atoms with Crippen LogP contribution in [0.4, 0.5) is 0 Å². The Bertz CT molecular complexity index is 727. The predicted octanol–water partition coefficient (Wildman–Crippen LogP) is 2.36. The third-order valence-electron chi connectivity index (χ3n) is 2.91. The van der Waals surface area contributed by atoms with Gasteiger partial charge in [0.15, 0.2) is 11.6 Å². The van der Waals surface area contributed by atoms with Gasteiger partial charge >= 0.3 is 0 Å². The Labute approximate surface area is 121 Å². The summed E-state index contributed by atoms with van der Waals surface area (Å²) in [5.74, 6) is 0.495. The van der Waals surface area contributed by atoms with Crippen molar-refractivity contribution in [3.8, 4) is 11.5 Å². The summed E-state index contributed by atoms with van der Waals surface area (Å²) in [7, 11) is 0. The van der Waals surface area contributed by atoms with Gasteiger partial charge in [0.05, 0.1) is 0 Å². The second-order valence-corrected chi connectivity index (χ2v) is 4.44. The van der Waals surface area contributed by atoms with Gasteiger partial charge in [-0.3, -0.25) is 14.8 Å². The Kier molecular flexibility index (Phi) is 3.73. The Morgan fingerprint density at radius 1 is 0.857 bits per heavy atom. The minimum atomic E-state index is -0.0511. The molecule has 102 valence electrons. The molecule has 21 heavy (non-hydrogen) atoms. The van der Waals surface area contributed by atoms with Gasteiger partial charge < -0.3 is 0 Å². The maximum absolute atomic E-state index is 12.0. The zero-order valence-electron chi connectivity index (χ0n) is 11.2. The minimum Gasteiger partial charge on any atom is -0.292 e. The first-order valence-corrected chi connectivity index (χ1v) is 6.49. The fraction of sp³-hybridized carbons (Fsp3) is 0.0625. The Morgan fingerprint density at radius 2 is 1.57 bits per heavy atom. The van der Waals surface area contributed by atoms with E-state index in [0.29, 0.717) is 17.2 Å². The summed E-state index contributed by atoms with van der Waals surface area (Å²) >= 11 is 0. The van der Waals surface area contributed by atoms with Crippen LogP contribution in [-0.2, 0) is 6.42 Å². The van der Waals surface area contributed by atoms with Crippen molar-refractivity contribution in [2.75, 3.05) is 0 Å². The summed E-state index contributed by atoms with van der Waals surface area (Å²) in [6, 6.07) is 10.8. The highest BCUT2D eigenvalue weighted by Gasteiger charge is 2.09. The maximum Gasteiger partial charge on any atom is 0.185 e. The van der Waals surface area contributed by atoms with Gasteiger partial charge in [-0.05, 0) is 29.8 Å². The number of aromatic nitrogens is 4. The van der Waals surface area contributed by atoms with Gasteiger partial charge in [0, 0.05) is 31.2 Å². The Hall–Kier alpha value is -2.95. The molecule has 0 unspecified atom stereocenters. The molecule has 0 saturated heterocycles. The van der Waals surface area contributed by atoms with Crippen LogP contribution in [0.2, 0.25) is 0 Å². The van der Waals surface area contributed by atoms with E-state index in [0.717, 1.165) is 5.56 Å². The van der Waals surface area contributed by atoms with E-state index in [4.69, 9.17) is 0 Å². The van der Waals surface area contributed by atoms with Gasteiger partial charge in [-0.25, -0.2) is 9.97 Å². The van der Waals surface area contributed by atoms with Crippen molar-refractivity contribution in [1.82, 2.24) is 19.9 Å². The molecule has 0 spiro atoms. The monoisotopic (exact) mass is 276 g/mol. The third-order valence-corrected chi connectivity index (χ3v) is 2.91. The average Bonchev–Trinajstić information content (AvgIpc) is 2.57. The lowest BCUT2D eigenvalue weighted by atomic mass is 10.1. The van der Waals surface area contributed by atoms with E-state index < -0.39 is 0 Å². The van der Waals surface area contributed by atoms with E-state index in [2.05, 4.69) is 19.9 Å². The molecule has 3 aromatic heterocycles. The van der Waals surface area contributed by atoms with Crippen LogP contribution in [0.5, 0.6) is 0 Å². The molecule has 3 rings (SSSR count). The second-order valence-electron chi connectivity index (χ2n) is 4.44.